The molecule has 0 aliphatic rings. The minimum absolute atomic E-state index is 0.0500. The van der Waals surface area contributed by atoms with Crippen LogP contribution in [0.3, 0.4) is 0 Å². The molecule has 98 valence electrons. The van der Waals surface area contributed by atoms with E-state index in [2.05, 4.69) is 6.58 Å². The number of hydrogen-bond donors (Lipinski definition) is 1. The van der Waals surface area contributed by atoms with Gasteiger partial charge in [0.1, 0.15) is 0 Å². The highest BCUT2D eigenvalue weighted by Crippen LogP contribution is 2.20. The van der Waals surface area contributed by atoms with Gasteiger partial charge in [0.25, 0.3) is 0 Å². The lowest BCUT2D eigenvalue weighted by atomic mass is 9.96. The van der Waals surface area contributed by atoms with Crippen LogP contribution < -0.4 is 0 Å². The number of aliphatic hydroxyl groups is 1. The van der Waals surface area contributed by atoms with Crippen molar-refractivity contribution in [2.75, 3.05) is 14.2 Å². The molecule has 0 radical (unpaired) electrons. The molecule has 4 heteroatoms. The molecule has 4 nitrogen and oxygen atoms in total. The largest absolute Gasteiger partial charge is 0.392 e. The summed E-state index contributed by atoms with van der Waals surface area (Å²) in [6, 6.07) is 0. The summed E-state index contributed by atoms with van der Waals surface area (Å²) in [7, 11) is 2.94. The average molecular weight is 241 g/mol. The second-order valence-electron chi connectivity index (χ2n) is 4.39. The normalized spacial score (nSPS) is 11.9. The van der Waals surface area contributed by atoms with Crippen molar-refractivity contribution in [3.05, 3.63) is 23.3 Å². The maximum atomic E-state index is 11.5. The van der Waals surface area contributed by atoms with Crippen molar-refractivity contribution >= 4 is 5.91 Å². The Morgan fingerprint density at radius 2 is 1.88 bits per heavy atom. The zero-order valence-corrected chi connectivity index (χ0v) is 11.4. The van der Waals surface area contributed by atoms with Crippen LogP contribution in [0, 0.1) is 0 Å². The number of rotatable bonds is 6. The highest BCUT2D eigenvalue weighted by molar-refractivity contribution is 5.75. The van der Waals surface area contributed by atoms with Gasteiger partial charge in [0.2, 0.25) is 5.91 Å². The first-order valence-electron chi connectivity index (χ1n) is 5.60. The highest BCUT2D eigenvalue weighted by Gasteiger charge is 2.16. The van der Waals surface area contributed by atoms with Gasteiger partial charge in [-0.15, -0.1) is 0 Å². The maximum Gasteiger partial charge on any atom is 0.248 e. The standard InChI is InChI=1S/C13H23NO3/c1-9(2)12(10(3)4)7-11(15)8-13(16)14(5)17-6/h11,15H,1,7-8H2,2-6H3. The maximum absolute atomic E-state index is 11.5. The summed E-state index contributed by atoms with van der Waals surface area (Å²) in [6.07, 6.45) is -0.211. The van der Waals surface area contributed by atoms with E-state index >= 15 is 0 Å². The molecule has 1 unspecified atom stereocenters. The van der Waals surface area contributed by atoms with E-state index in [9.17, 15) is 9.90 Å². The molecule has 0 saturated carbocycles. The van der Waals surface area contributed by atoms with E-state index in [1.54, 1.807) is 0 Å². The number of hydroxylamine groups is 2. The molecule has 0 aromatic heterocycles. The van der Waals surface area contributed by atoms with E-state index in [0.29, 0.717) is 6.42 Å². The second kappa shape index (κ2) is 7.25. The second-order valence-corrected chi connectivity index (χ2v) is 4.39. The molecule has 0 saturated heterocycles. The van der Waals surface area contributed by atoms with Crippen LogP contribution in [0.1, 0.15) is 33.6 Å². The molecule has 0 heterocycles. The van der Waals surface area contributed by atoms with E-state index in [-0.39, 0.29) is 12.3 Å². The summed E-state index contributed by atoms with van der Waals surface area (Å²) in [5.74, 6) is -0.241. The van der Waals surface area contributed by atoms with Gasteiger partial charge in [0.15, 0.2) is 0 Å². The van der Waals surface area contributed by atoms with Gasteiger partial charge in [-0.05, 0) is 32.8 Å². The number of carbonyl (C=O) groups is 1. The first-order valence-corrected chi connectivity index (χ1v) is 5.60. The topological polar surface area (TPSA) is 49.8 Å². The van der Waals surface area contributed by atoms with Crippen molar-refractivity contribution in [3.8, 4) is 0 Å². The third-order valence-electron chi connectivity index (χ3n) is 2.59. The van der Waals surface area contributed by atoms with Gasteiger partial charge in [-0.1, -0.05) is 17.7 Å². The van der Waals surface area contributed by atoms with Crippen molar-refractivity contribution in [2.24, 2.45) is 0 Å². The molecule has 0 aliphatic heterocycles. The Morgan fingerprint density at radius 1 is 1.35 bits per heavy atom. The lowest BCUT2D eigenvalue weighted by Crippen LogP contribution is -2.29. The summed E-state index contributed by atoms with van der Waals surface area (Å²) < 4.78 is 0. The zero-order chi connectivity index (χ0) is 13.6. The molecule has 0 bridgehead atoms. The summed E-state index contributed by atoms with van der Waals surface area (Å²) in [6.45, 7) is 9.72. The zero-order valence-electron chi connectivity index (χ0n) is 11.4. The van der Waals surface area contributed by atoms with Crippen LogP contribution >= 0.6 is 0 Å². The number of allylic oxidation sites excluding steroid dienone is 2. The monoisotopic (exact) mass is 241 g/mol. The van der Waals surface area contributed by atoms with Crippen LogP contribution in [0.15, 0.2) is 23.3 Å². The first kappa shape index (κ1) is 15.9. The minimum Gasteiger partial charge on any atom is -0.392 e. The molecular formula is C13H23NO3. The Labute approximate surface area is 104 Å². The van der Waals surface area contributed by atoms with Crippen LogP contribution in [-0.4, -0.2) is 36.3 Å². The Kier molecular flexibility index (Phi) is 6.76. The van der Waals surface area contributed by atoms with Gasteiger partial charge in [0, 0.05) is 7.05 Å². The van der Waals surface area contributed by atoms with Crippen molar-refractivity contribution in [1.29, 1.82) is 0 Å². The third-order valence-corrected chi connectivity index (χ3v) is 2.59. The predicted molar refractivity (Wildman–Crippen MR) is 68.2 cm³/mol. The van der Waals surface area contributed by atoms with Crippen molar-refractivity contribution in [1.82, 2.24) is 5.06 Å². The lowest BCUT2D eigenvalue weighted by Gasteiger charge is -2.18. The summed E-state index contributed by atoms with van der Waals surface area (Å²) in [5, 5.41) is 11.0. The van der Waals surface area contributed by atoms with Crippen LogP contribution in [0.4, 0.5) is 0 Å². The van der Waals surface area contributed by atoms with Crippen LogP contribution in [0.5, 0.6) is 0 Å². The van der Waals surface area contributed by atoms with Crippen molar-refractivity contribution in [2.45, 2.75) is 39.7 Å². The van der Waals surface area contributed by atoms with Gasteiger partial charge < -0.3 is 5.11 Å². The molecular weight excluding hydrogens is 218 g/mol. The van der Waals surface area contributed by atoms with E-state index in [1.807, 2.05) is 20.8 Å². The Balaban J connectivity index is 4.46. The fourth-order valence-corrected chi connectivity index (χ4v) is 1.54. The molecule has 0 aliphatic carbocycles. The Morgan fingerprint density at radius 3 is 2.24 bits per heavy atom. The van der Waals surface area contributed by atoms with Gasteiger partial charge in [0.05, 0.1) is 19.6 Å². The summed E-state index contributed by atoms with van der Waals surface area (Å²) >= 11 is 0. The highest BCUT2D eigenvalue weighted by atomic mass is 16.7. The molecule has 1 N–H and O–H groups in total. The van der Waals surface area contributed by atoms with Gasteiger partial charge >= 0.3 is 0 Å². The van der Waals surface area contributed by atoms with E-state index in [0.717, 1.165) is 21.8 Å². The van der Waals surface area contributed by atoms with Gasteiger partial charge in [-0.3, -0.25) is 9.63 Å². The molecule has 0 aromatic rings. The summed E-state index contributed by atoms with van der Waals surface area (Å²) in [5.41, 5.74) is 3.06. The van der Waals surface area contributed by atoms with E-state index in [4.69, 9.17) is 4.84 Å². The van der Waals surface area contributed by atoms with Crippen molar-refractivity contribution in [3.63, 3.8) is 0 Å². The number of amides is 1. The van der Waals surface area contributed by atoms with E-state index < -0.39 is 6.10 Å². The molecule has 0 fully saturated rings. The first-order chi connectivity index (χ1) is 7.79. The van der Waals surface area contributed by atoms with Gasteiger partial charge in [-0.2, -0.15) is 0 Å². The fraction of sp³-hybridized carbons (Fsp3) is 0.615. The molecule has 1 atom stereocenters. The van der Waals surface area contributed by atoms with Crippen LogP contribution in [-0.2, 0) is 9.63 Å². The SMILES string of the molecule is C=C(C)C(CC(O)CC(=O)N(C)OC)=C(C)C. The third kappa shape index (κ3) is 5.65. The van der Waals surface area contributed by atoms with Crippen LogP contribution in [0.25, 0.3) is 0 Å². The Hall–Kier alpha value is -1.13. The van der Waals surface area contributed by atoms with Crippen molar-refractivity contribution < 1.29 is 14.7 Å². The molecule has 0 rings (SSSR count). The average Bonchev–Trinajstić information content (AvgIpc) is 2.23. The van der Waals surface area contributed by atoms with Crippen LogP contribution in [0.2, 0.25) is 0 Å². The molecule has 1 amide bonds. The number of aliphatic hydroxyl groups excluding tert-OH is 1. The molecule has 17 heavy (non-hydrogen) atoms. The molecule has 0 spiro atoms. The smallest absolute Gasteiger partial charge is 0.248 e. The Bertz CT molecular complexity index is 317. The molecule has 0 aromatic carbocycles. The fourth-order valence-electron chi connectivity index (χ4n) is 1.54. The van der Waals surface area contributed by atoms with E-state index in [1.165, 1.54) is 14.2 Å². The lowest BCUT2D eigenvalue weighted by molar-refractivity contribution is -0.170. The summed E-state index contributed by atoms with van der Waals surface area (Å²) in [4.78, 5) is 16.3. The predicted octanol–water partition coefficient (Wildman–Crippen LogP) is 2.06. The quantitative estimate of drug-likeness (QED) is 0.572. The number of hydrogen-bond acceptors (Lipinski definition) is 3. The van der Waals surface area contributed by atoms with Gasteiger partial charge in [-0.25, -0.2) is 5.06 Å². The number of carbonyl (C=O) groups excluding carboxylic acids is 1. The number of nitrogens with zero attached hydrogens (tertiary/aromatic N) is 1. The minimum atomic E-state index is -0.707.